The molecule has 0 bridgehead atoms. The molecule has 242 valence electrons. The first-order valence-electron chi connectivity index (χ1n) is 15.6. The van der Waals surface area contributed by atoms with E-state index in [0.29, 0.717) is 27.6 Å². The molecule has 0 aliphatic carbocycles. The first-order valence-corrected chi connectivity index (χ1v) is 16.4. The number of halogens is 2. The van der Waals surface area contributed by atoms with E-state index in [1.807, 2.05) is 30.3 Å². The van der Waals surface area contributed by atoms with Crippen LogP contribution in [0.1, 0.15) is 31.2 Å². The fraction of sp³-hybridized carbons (Fsp3) is 0.438. The average Bonchev–Trinajstić information content (AvgIpc) is 3.58. The lowest BCUT2D eigenvalue weighted by Crippen LogP contribution is -2.47. The second kappa shape index (κ2) is 15.2. The van der Waals surface area contributed by atoms with E-state index in [-0.39, 0.29) is 5.91 Å². The molecule has 14 heteroatoms. The SMILES string of the molecule is CC(=O)NCC1CCN(Cc2cc(Oc3ccc(N4CCN(CCc5nnn[nH]5)CC4)nc3)nc(-c3cc(Cl)cc(Cl)c3)c2)CC1. The van der Waals surface area contributed by atoms with E-state index in [1.165, 1.54) is 0 Å². The number of ether oxygens (including phenoxy) is 1. The zero-order valence-corrected chi connectivity index (χ0v) is 27.3. The minimum atomic E-state index is 0.0255. The van der Waals surface area contributed by atoms with Gasteiger partial charge in [-0.2, -0.15) is 0 Å². The summed E-state index contributed by atoms with van der Waals surface area (Å²) in [5, 5.41) is 18.1. The number of tetrazole rings is 1. The molecule has 1 amide bonds. The Labute approximate surface area is 278 Å². The van der Waals surface area contributed by atoms with Gasteiger partial charge in [0.25, 0.3) is 0 Å². The average molecular weight is 666 g/mol. The Morgan fingerprint density at radius 3 is 2.46 bits per heavy atom. The highest BCUT2D eigenvalue weighted by Gasteiger charge is 2.21. The highest BCUT2D eigenvalue weighted by atomic mass is 35.5. The predicted octanol–water partition coefficient (Wildman–Crippen LogP) is 4.47. The zero-order valence-electron chi connectivity index (χ0n) is 25.8. The van der Waals surface area contributed by atoms with E-state index in [0.717, 1.165) is 107 Å². The number of nitrogens with one attached hydrogen (secondary N) is 2. The predicted molar refractivity (Wildman–Crippen MR) is 177 cm³/mol. The lowest BCUT2D eigenvalue weighted by atomic mass is 9.96. The Morgan fingerprint density at radius 1 is 1.00 bits per heavy atom. The van der Waals surface area contributed by atoms with E-state index in [1.54, 1.807) is 19.2 Å². The molecular formula is C32H38Cl2N10O2. The molecule has 2 aliphatic heterocycles. The van der Waals surface area contributed by atoms with E-state index in [4.69, 9.17) is 37.9 Å². The third kappa shape index (κ3) is 8.91. The van der Waals surface area contributed by atoms with Crippen LogP contribution in [0.2, 0.25) is 10.0 Å². The Hall–Kier alpha value is -3.84. The van der Waals surface area contributed by atoms with Gasteiger partial charge in [0.2, 0.25) is 11.8 Å². The van der Waals surface area contributed by atoms with Crippen LogP contribution >= 0.6 is 23.2 Å². The van der Waals surface area contributed by atoms with Crippen molar-refractivity contribution >= 4 is 34.9 Å². The minimum Gasteiger partial charge on any atom is -0.437 e. The summed E-state index contributed by atoms with van der Waals surface area (Å²) in [7, 11) is 0. The van der Waals surface area contributed by atoms with Crippen LogP contribution in [0.4, 0.5) is 5.82 Å². The van der Waals surface area contributed by atoms with Gasteiger partial charge < -0.3 is 15.0 Å². The summed E-state index contributed by atoms with van der Waals surface area (Å²) in [5.41, 5.74) is 2.64. The van der Waals surface area contributed by atoms with Crippen LogP contribution in [-0.2, 0) is 17.8 Å². The molecule has 4 aromatic rings. The molecule has 0 unspecified atom stereocenters. The number of pyridine rings is 2. The summed E-state index contributed by atoms with van der Waals surface area (Å²) >= 11 is 12.7. The zero-order chi connectivity index (χ0) is 31.9. The topological polar surface area (TPSA) is 128 Å². The van der Waals surface area contributed by atoms with Gasteiger partial charge in [-0.1, -0.05) is 23.2 Å². The number of piperidine rings is 1. The van der Waals surface area contributed by atoms with Gasteiger partial charge in [0.1, 0.15) is 17.4 Å². The molecule has 0 saturated carbocycles. The molecule has 5 heterocycles. The number of benzene rings is 1. The number of rotatable bonds is 11. The maximum atomic E-state index is 11.3. The number of nitrogens with zero attached hydrogens (tertiary/aromatic N) is 8. The van der Waals surface area contributed by atoms with Gasteiger partial charge in [-0.25, -0.2) is 15.1 Å². The van der Waals surface area contributed by atoms with Crippen molar-refractivity contribution in [2.75, 3.05) is 57.3 Å². The fourth-order valence-electron chi connectivity index (χ4n) is 5.94. The van der Waals surface area contributed by atoms with Gasteiger partial charge >= 0.3 is 0 Å². The van der Waals surface area contributed by atoms with Crippen LogP contribution in [0.25, 0.3) is 11.3 Å². The third-order valence-electron chi connectivity index (χ3n) is 8.47. The van der Waals surface area contributed by atoms with Gasteiger partial charge in [0.05, 0.1) is 11.9 Å². The lowest BCUT2D eigenvalue weighted by Gasteiger charge is -2.35. The number of carbonyl (C=O) groups excluding carboxylic acids is 1. The van der Waals surface area contributed by atoms with Crippen LogP contribution in [0, 0.1) is 5.92 Å². The first-order chi connectivity index (χ1) is 22.4. The summed E-state index contributed by atoms with van der Waals surface area (Å²) < 4.78 is 6.28. The Kier molecular flexibility index (Phi) is 10.6. The summed E-state index contributed by atoms with van der Waals surface area (Å²) in [6, 6.07) is 13.4. The monoisotopic (exact) mass is 664 g/mol. The van der Waals surface area contributed by atoms with Gasteiger partial charge in [0, 0.05) is 80.8 Å². The van der Waals surface area contributed by atoms with Crippen LogP contribution < -0.4 is 15.0 Å². The number of piperazine rings is 1. The van der Waals surface area contributed by atoms with E-state index < -0.39 is 0 Å². The van der Waals surface area contributed by atoms with Gasteiger partial charge in [0.15, 0.2) is 0 Å². The second-order valence-electron chi connectivity index (χ2n) is 11.9. The molecular weight excluding hydrogens is 627 g/mol. The molecule has 0 spiro atoms. The van der Waals surface area contributed by atoms with Crippen molar-refractivity contribution in [3.05, 3.63) is 70.1 Å². The highest BCUT2D eigenvalue weighted by Crippen LogP contribution is 2.31. The van der Waals surface area contributed by atoms with Crippen molar-refractivity contribution in [1.29, 1.82) is 0 Å². The van der Waals surface area contributed by atoms with Crippen molar-refractivity contribution in [3.63, 3.8) is 0 Å². The van der Waals surface area contributed by atoms with Crippen LogP contribution in [0.3, 0.4) is 0 Å². The molecule has 3 aromatic heterocycles. The maximum Gasteiger partial charge on any atom is 0.220 e. The van der Waals surface area contributed by atoms with Crippen molar-refractivity contribution in [2.45, 2.75) is 32.7 Å². The first kappa shape index (κ1) is 32.1. The molecule has 12 nitrogen and oxygen atoms in total. The lowest BCUT2D eigenvalue weighted by molar-refractivity contribution is -0.119. The van der Waals surface area contributed by atoms with E-state index >= 15 is 0 Å². The molecule has 0 atom stereocenters. The summed E-state index contributed by atoms with van der Waals surface area (Å²) in [6.45, 7) is 9.56. The van der Waals surface area contributed by atoms with Crippen molar-refractivity contribution in [3.8, 4) is 22.9 Å². The molecule has 46 heavy (non-hydrogen) atoms. The number of hydrogen-bond acceptors (Lipinski definition) is 10. The number of H-pyrrole nitrogens is 1. The second-order valence-corrected chi connectivity index (χ2v) is 12.8. The number of amides is 1. The number of aromatic nitrogens is 6. The van der Waals surface area contributed by atoms with Gasteiger partial charge in [-0.15, -0.1) is 5.10 Å². The summed E-state index contributed by atoms with van der Waals surface area (Å²) in [4.78, 5) is 28.0. The number of likely N-dealkylation sites (tertiary alicyclic amines) is 1. The molecule has 6 rings (SSSR count). The maximum absolute atomic E-state index is 11.3. The Bertz CT molecular complexity index is 1570. The summed E-state index contributed by atoms with van der Waals surface area (Å²) in [5.74, 6) is 3.35. The summed E-state index contributed by atoms with van der Waals surface area (Å²) in [6.07, 6.45) is 4.64. The normalized spacial score (nSPS) is 16.5. The van der Waals surface area contributed by atoms with E-state index in [9.17, 15) is 4.79 Å². The number of anilines is 1. The third-order valence-corrected chi connectivity index (χ3v) is 8.90. The molecule has 0 radical (unpaired) electrons. The quantitative estimate of drug-likeness (QED) is 0.237. The fourth-order valence-corrected chi connectivity index (χ4v) is 6.46. The highest BCUT2D eigenvalue weighted by molar-refractivity contribution is 6.35. The smallest absolute Gasteiger partial charge is 0.220 e. The number of aromatic amines is 1. The van der Waals surface area contributed by atoms with Crippen molar-refractivity contribution in [1.82, 2.24) is 45.7 Å². The molecule has 1 aromatic carbocycles. The van der Waals surface area contributed by atoms with Crippen LogP contribution in [0.5, 0.6) is 11.6 Å². The molecule has 2 fully saturated rings. The minimum absolute atomic E-state index is 0.0255. The molecule has 2 N–H and O–H groups in total. The van der Waals surface area contributed by atoms with Gasteiger partial charge in [-0.3, -0.25) is 14.6 Å². The molecule has 2 saturated heterocycles. The number of carbonyl (C=O) groups is 1. The molecule has 2 aliphatic rings. The number of hydrogen-bond donors (Lipinski definition) is 2. The van der Waals surface area contributed by atoms with Gasteiger partial charge in [-0.05, 0) is 84.2 Å². The van der Waals surface area contributed by atoms with Crippen molar-refractivity contribution in [2.24, 2.45) is 5.92 Å². The van der Waals surface area contributed by atoms with Crippen LogP contribution in [0.15, 0.2) is 48.7 Å². The Morgan fingerprint density at radius 2 is 1.78 bits per heavy atom. The standard InChI is InChI=1S/C32H38Cl2N10O2/c1-22(45)35-19-23-4-7-43(8-5-23)21-24-14-29(25-16-26(33)18-27(34)17-25)37-32(15-24)46-28-2-3-31(36-20-28)44-12-10-42(11-13-44)9-6-30-38-40-41-39-30/h2-3,14-18,20,23H,4-13,19,21H2,1H3,(H,35,45)(H,38,39,40,41). The van der Waals surface area contributed by atoms with E-state index in [2.05, 4.69) is 46.7 Å². The van der Waals surface area contributed by atoms with Crippen LogP contribution in [-0.4, -0.2) is 98.7 Å². The largest absolute Gasteiger partial charge is 0.437 e. The van der Waals surface area contributed by atoms with Crippen molar-refractivity contribution < 1.29 is 9.53 Å². The Balaban J connectivity index is 1.11.